The molecule has 1 saturated heterocycles. The Morgan fingerprint density at radius 3 is 2.14 bits per heavy atom. The SMILES string of the molecule is COc1cccc(OC)c1C(=O)NCCc1ccc(S(=O)(=O)N2CCCC2)cc1. The number of nitrogens with zero attached hydrogens (tertiary/aromatic N) is 1. The average molecular weight is 419 g/mol. The smallest absolute Gasteiger partial charge is 0.258 e. The minimum Gasteiger partial charge on any atom is -0.496 e. The third kappa shape index (κ3) is 4.71. The van der Waals surface area contributed by atoms with Crippen molar-refractivity contribution in [2.75, 3.05) is 33.9 Å². The molecule has 29 heavy (non-hydrogen) atoms. The fourth-order valence-electron chi connectivity index (χ4n) is 3.39. The number of nitrogens with one attached hydrogen (secondary N) is 1. The molecule has 0 atom stereocenters. The molecule has 156 valence electrons. The fraction of sp³-hybridized carbons (Fsp3) is 0.381. The lowest BCUT2D eigenvalue weighted by atomic mass is 10.1. The van der Waals surface area contributed by atoms with Crippen molar-refractivity contribution in [3.8, 4) is 11.5 Å². The van der Waals surface area contributed by atoms with Gasteiger partial charge >= 0.3 is 0 Å². The lowest BCUT2D eigenvalue weighted by molar-refractivity contribution is 0.0948. The van der Waals surface area contributed by atoms with Crippen LogP contribution < -0.4 is 14.8 Å². The van der Waals surface area contributed by atoms with Gasteiger partial charge in [-0.05, 0) is 49.1 Å². The van der Waals surface area contributed by atoms with Crippen LogP contribution in [0.1, 0.15) is 28.8 Å². The van der Waals surface area contributed by atoms with Crippen LogP contribution in [0.15, 0.2) is 47.4 Å². The van der Waals surface area contributed by atoms with Gasteiger partial charge < -0.3 is 14.8 Å². The predicted molar refractivity (Wildman–Crippen MR) is 110 cm³/mol. The molecule has 1 amide bonds. The summed E-state index contributed by atoms with van der Waals surface area (Å²) < 4.78 is 37.2. The summed E-state index contributed by atoms with van der Waals surface area (Å²) in [7, 11) is -0.398. The van der Waals surface area contributed by atoms with Crippen molar-refractivity contribution in [1.82, 2.24) is 9.62 Å². The summed E-state index contributed by atoms with van der Waals surface area (Å²) in [6.07, 6.45) is 2.40. The van der Waals surface area contributed by atoms with Gasteiger partial charge in [-0.1, -0.05) is 18.2 Å². The summed E-state index contributed by atoms with van der Waals surface area (Å²) in [4.78, 5) is 12.9. The molecule has 1 heterocycles. The summed E-state index contributed by atoms with van der Waals surface area (Å²) in [5, 5.41) is 2.86. The number of methoxy groups -OCH3 is 2. The molecule has 7 nitrogen and oxygen atoms in total. The second kappa shape index (κ2) is 9.28. The Hall–Kier alpha value is -2.58. The molecule has 1 N–H and O–H groups in total. The van der Waals surface area contributed by atoms with Gasteiger partial charge in [0, 0.05) is 19.6 Å². The molecule has 2 aromatic rings. The highest BCUT2D eigenvalue weighted by atomic mass is 32.2. The summed E-state index contributed by atoms with van der Waals surface area (Å²) in [6.45, 7) is 1.57. The van der Waals surface area contributed by atoms with E-state index in [1.165, 1.54) is 18.5 Å². The topological polar surface area (TPSA) is 84.9 Å². The molecule has 3 rings (SSSR count). The van der Waals surface area contributed by atoms with Crippen molar-refractivity contribution in [1.29, 1.82) is 0 Å². The standard InChI is InChI=1S/C21H26N2O5S/c1-27-18-6-5-7-19(28-2)20(18)21(24)22-13-12-16-8-10-17(11-9-16)29(25,26)23-14-3-4-15-23/h5-11H,3-4,12-15H2,1-2H3,(H,22,24). The van der Waals surface area contributed by atoms with E-state index >= 15 is 0 Å². The maximum Gasteiger partial charge on any atom is 0.258 e. The zero-order chi connectivity index (χ0) is 20.9. The Kier molecular flexibility index (Phi) is 6.76. The molecule has 0 saturated carbocycles. The van der Waals surface area contributed by atoms with Gasteiger partial charge in [-0.25, -0.2) is 8.42 Å². The van der Waals surface area contributed by atoms with E-state index in [0.29, 0.717) is 48.0 Å². The molecule has 0 unspecified atom stereocenters. The van der Waals surface area contributed by atoms with Crippen molar-refractivity contribution in [3.63, 3.8) is 0 Å². The predicted octanol–water partition coefficient (Wildman–Crippen LogP) is 2.46. The first-order chi connectivity index (χ1) is 14.0. The van der Waals surface area contributed by atoms with Gasteiger partial charge in [-0.15, -0.1) is 0 Å². The van der Waals surface area contributed by atoms with Gasteiger partial charge in [0.05, 0.1) is 19.1 Å². The van der Waals surface area contributed by atoms with E-state index in [0.717, 1.165) is 18.4 Å². The maximum absolute atomic E-state index is 12.6. The number of sulfonamides is 1. The molecular formula is C21H26N2O5S. The minimum atomic E-state index is -3.41. The molecule has 1 fully saturated rings. The van der Waals surface area contributed by atoms with Crippen molar-refractivity contribution in [3.05, 3.63) is 53.6 Å². The van der Waals surface area contributed by atoms with Gasteiger partial charge in [-0.3, -0.25) is 4.79 Å². The van der Waals surface area contributed by atoms with E-state index in [-0.39, 0.29) is 5.91 Å². The first-order valence-corrected chi connectivity index (χ1v) is 11.0. The zero-order valence-corrected chi connectivity index (χ0v) is 17.5. The van der Waals surface area contributed by atoms with Gasteiger partial charge in [-0.2, -0.15) is 4.31 Å². The molecule has 0 bridgehead atoms. The monoisotopic (exact) mass is 418 g/mol. The summed E-state index contributed by atoms with van der Waals surface area (Å²) >= 11 is 0. The molecule has 8 heteroatoms. The van der Waals surface area contributed by atoms with Crippen LogP contribution in [-0.4, -0.2) is 52.5 Å². The minimum absolute atomic E-state index is 0.285. The van der Waals surface area contributed by atoms with Crippen LogP contribution in [0.2, 0.25) is 0 Å². The van der Waals surface area contributed by atoms with Crippen molar-refractivity contribution in [2.24, 2.45) is 0 Å². The Bertz CT molecular complexity index is 929. The third-order valence-corrected chi connectivity index (χ3v) is 6.89. The Labute approximate surface area is 171 Å². The summed E-state index contributed by atoms with van der Waals surface area (Å²) in [6, 6.07) is 12.0. The molecule has 0 aromatic heterocycles. The average Bonchev–Trinajstić information content (AvgIpc) is 3.29. The molecule has 2 aromatic carbocycles. The number of ether oxygens (including phenoxy) is 2. The zero-order valence-electron chi connectivity index (χ0n) is 16.7. The first-order valence-electron chi connectivity index (χ1n) is 9.55. The lowest BCUT2D eigenvalue weighted by Crippen LogP contribution is -2.28. The van der Waals surface area contributed by atoms with Crippen LogP contribution in [0.25, 0.3) is 0 Å². The van der Waals surface area contributed by atoms with Crippen molar-refractivity contribution < 1.29 is 22.7 Å². The van der Waals surface area contributed by atoms with Crippen LogP contribution >= 0.6 is 0 Å². The largest absolute Gasteiger partial charge is 0.496 e. The highest BCUT2D eigenvalue weighted by Crippen LogP contribution is 2.28. The van der Waals surface area contributed by atoms with Gasteiger partial charge in [0.15, 0.2) is 0 Å². The van der Waals surface area contributed by atoms with Crippen LogP contribution in [0.5, 0.6) is 11.5 Å². The van der Waals surface area contributed by atoms with E-state index in [9.17, 15) is 13.2 Å². The second-order valence-corrected chi connectivity index (χ2v) is 8.74. The lowest BCUT2D eigenvalue weighted by Gasteiger charge is -2.15. The first kappa shape index (κ1) is 21.1. The third-order valence-electron chi connectivity index (χ3n) is 4.98. The quantitative estimate of drug-likeness (QED) is 0.712. The van der Waals surface area contributed by atoms with E-state index in [2.05, 4.69) is 5.32 Å². The van der Waals surface area contributed by atoms with Crippen molar-refractivity contribution >= 4 is 15.9 Å². The summed E-state index contributed by atoms with van der Waals surface area (Å²) in [5.41, 5.74) is 1.29. The highest BCUT2D eigenvalue weighted by molar-refractivity contribution is 7.89. The van der Waals surface area contributed by atoms with Crippen LogP contribution in [0.4, 0.5) is 0 Å². The normalized spacial score (nSPS) is 14.6. The van der Waals surface area contributed by atoms with Gasteiger partial charge in [0.1, 0.15) is 17.1 Å². The Balaban J connectivity index is 1.61. The fourth-order valence-corrected chi connectivity index (χ4v) is 4.91. The maximum atomic E-state index is 12.6. The second-order valence-electron chi connectivity index (χ2n) is 6.80. The van der Waals surface area contributed by atoms with Crippen LogP contribution in [0, 0.1) is 0 Å². The number of hydrogen-bond donors (Lipinski definition) is 1. The Morgan fingerprint density at radius 1 is 1.00 bits per heavy atom. The van der Waals surface area contributed by atoms with Gasteiger partial charge in [0.2, 0.25) is 10.0 Å². The van der Waals surface area contributed by atoms with E-state index in [1.54, 1.807) is 42.5 Å². The van der Waals surface area contributed by atoms with E-state index in [1.807, 2.05) is 0 Å². The van der Waals surface area contributed by atoms with Gasteiger partial charge in [0.25, 0.3) is 5.91 Å². The van der Waals surface area contributed by atoms with E-state index in [4.69, 9.17) is 9.47 Å². The van der Waals surface area contributed by atoms with Crippen LogP contribution in [0.3, 0.4) is 0 Å². The Morgan fingerprint density at radius 2 is 1.59 bits per heavy atom. The number of amides is 1. The number of hydrogen-bond acceptors (Lipinski definition) is 5. The molecule has 0 aliphatic carbocycles. The molecule has 0 radical (unpaired) electrons. The molecule has 1 aliphatic rings. The van der Waals surface area contributed by atoms with Crippen LogP contribution in [-0.2, 0) is 16.4 Å². The molecule has 0 spiro atoms. The number of carbonyl (C=O) groups is 1. The van der Waals surface area contributed by atoms with Crippen molar-refractivity contribution in [2.45, 2.75) is 24.2 Å². The molecular weight excluding hydrogens is 392 g/mol. The molecule has 1 aliphatic heterocycles. The number of benzene rings is 2. The van der Waals surface area contributed by atoms with E-state index < -0.39 is 10.0 Å². The number of rotatable bonds is 8. The highest BCUT2D eigenvalue weighted by Gasteiger charge is 2.26. The summed E-state index contributed by atoms with van der Waals surface area (Å²) in [5.74, 6) is 0.601. The number of carbonyl (C=O) groups excluding carboxylic acids is 1.